The zero-order chi connectivity index (χ0) is 17.4. The van der Waals surface area contributed by atoms with Crippen LogP contribution in [-0.2, 0) is 0 Å². The van der Waals surface area contributed by atoms with Gasteiger partial charge in [-0.1, -0.05) is 42.5 Å². The predicted octanol–water partition coefficient (Wildman–Crippen LogP) is 3.27. The second kappa shape index (κ2) is 5.79. The Morgan fingerprint density at radius 1 is 0.880 bits per heavy atom. The number of nitrogen functional groups attached to an aromatic ring is 1. The first-order chi connectivity index (χ1) is 12.1. The van der Waals surface area contributed by atoms with E-state index < -0.39 is 5.69 Å². The molecule has 0 fully saturated rings. The number of aromatic nitrogens is 2. The normalized spacial score (nSPS) is 10.9. The summed E-state index contributed by atoms with van der Waals surface area (Å²) >= 11 is 0. The number of hydrogen-bond donors (Lipinski definition) is 2. The molecule has 1 aromatic heterocycles. The number of rotatable bonds is 2. The van der Waals surface area contributed by atoms with Crippen molar-refractivity contribution in [2.24, 2.45) is 0 Å². The summed E-state index contributed by atoms with van der Waals surface area (Å²) in [5.41, 5.74) is 9.36. The second-order valence-electron chi connectivity index (χ2n) is 5.79. The molecule has 0 spiro atoms. The molecule has 1 heterocycles. The van der Waals surface area contributed by atoms with E-state index in [0.29, 0.717) is 22.3 Å². The minimum absolute atomic E-state index is 0.374. The number of H-pyrrole nitrogens is 1. The van der Waals surface area contributed by atoms with Crippen LogP contribution in [0.2, 0.25) is 0 Å². The van der Waals surface area contributed by atoms with Crippen LogP contribution in [0, 0.1) is 0 Å². The molecule has 0 amide bonds. The minimum Gasteiger partial charge on any atom is -0.399 e. The number of nitrogens with zero attached hydrogens (tertiary/aromatic N) is 1. The molecule has 4 rings (SSSR count). The van der Waals surface area contributed by atoms with Crippen molar-refractivity contribution < 1.29 is 4.79 Å². The molecule has 122 valence electrons. The van der Waals surface area contributed by atoms with Crippen molar-refractivity contribution in [2.75, 3.05) is 5.73 Å². The van der Waals surface area contributed by atoms with Gasteiger partial charge < -0.3 is 10.7 Å². The van der Waals surface area contributed by atoms with Crippen molar-refractivity contribution in [2.45, 2.75) is 0 Å². The number of nitrogens with two attached hydrogens (primary N) is 1. The van der Waals surface area contributed by atoms with Crippen LogP contribution in [0.1, 0.15) is 10.4 Å². The summed E-state index contributed by atoms with van der Waals surface area (Å²) in [6.45, 7) is 0. The third-order valence-corrected chi connectivity index (χ3v) is 4.15. The summed E-state index contributed by atoms with van der Waals surface area (Å²) < 4.78 is 1.13. The first-order valence-electron chi connectivity index (χ1n) is 7.84. The summed E-state index contributed by atoms with van der Waals surface area (Å²) in [6.07, 6.45) is 0. The molecule has 0 bridgehead atoms. The van der Waals surface area contributed by atoms with Crippen LogP contribution in [0.15, 0.2) is 77.6 Å². The third kappa shape index (κ3) is 2.61. The Morgan fingerprint density at radius 3 is 2.28 bits per heavy atom. The van der Waals surface area contributed by atoms with Gasteiger partial charge >= 0.3 is 5.69 Å². The maximum atomic E-state index is 12.8. The van der Waals surface area contributed by atoms with Crippen molar-refractivity contribution in [1.29, 1.82) is 0 Å². The molecule has 0 radical (unpaired) electrons. The van der Waals surface area contributed by atoms with Crippen LogP contribution >= 0.6 is 0 Å². The first-order valence-corrected chi connectivity index (χ1v) is 7.84. The molecule has 3 N–H and O–H groups in total. The monoisotopic (exact) mass is 329 g/mol. The lowest BCUT2D eigenvalue weighted by Gasteiger charge is -2.05. The van der Waals surface area contributed by atoms with Crippen LogP contribution < -0.4 is 11.4 Å². The Bertz CT molecular complexity index is 1120. The number of aromatic amines is 1. The van der Waals surface area contributed by atoms with E-state index in [1.165, 1.54) is 0 Å². The second-order valence-corrected chi connectivity index (χ2v) is 5.79. The molecule has 0 saturated carbocycles. The molecule has 5 heteroatoms. The number of hydrogen-bond acceptors (Lipinski definition) is 3. The summed E-state index contributed by atoms with van der Waals surface area (Å²) in [4.78, 5) is 27.6. The highest BCUT2D eigenvalue weighted by atomic mass is 16.2. The molecule has 0 atom stereocenters. The van der Waals surface area contributed by atoms with Crippen molar-refractivity contribution in [3.63, 3.8) is 0 Å². The zero-order valence-corrected chi connectivity index (χ0v) is 13.3. The smallest absolute Gasteiger partial charge is 0.333 e. The van der Waals surface area contributed by atoms with E-state index in [9.17, 15) is 9.59 Å². The van der Waals surface area contributed by atoms with E-state index in [1.54, 1.807) is 30.3 Å². The number of anilines is 1. The molecule has 0 aliphatic rings. The molecule has 5 nitrogen and oxygen atoms in total. The largest absolute Gasteiger partial charge is 0.399 e. The fourth-order valence-corrected chi connectivity index (χ4v) is 2.90. The maximum Gasteiger partial charge on any atom is 0.333 e. The van der Waals surface area contributed by atoms with E-state index in [1.807, 2.05) is 42.5 Å². The number of nitrogens with one attached hydrogen (secondary N) is 1. The Balaban J connectivity index is 1.75. The summed E-state index contributed by atoms with van der Waals surface area (Å²) in [7, 11) is 0. The Hall–Kier alpha value is -3.60. The van der Waals surface area contributed by atoms with Crippen molar-refractivity contribution >= 4 is 22.6 Å². The first kappa shape index (κ1) is 15.0. The van der Waals surface area contributed by atoms with Crippen molar-refractivity contribution in [1.82, 2.24) is 9.55 Å². The molecular formula is C20H15N3O2. The molecule has 4 aromatic rings. The number of imidazole rings is 1. The van der Waals surface area contributed by atoms with E-state index in [2.05, 4.69) is 4.98 Å². The van der Waals surface area contributed by atoms with Gasteiger partial charge in [0.2, 0.25) is 0 Å². The standard InChI is InChI=1S/C20H15N3O2/c21-16-10-11-18-17(12-16)22-20(25)23(18)19(24)15-8-6-14(7-9-15)13-4-2-1-3-5-13/h1-12H,21H2,(H,22,25). The van der Waals surface area contributed by atoms with E-state index >= 15 is 0 Å². The van der Waals surface area contributed by atoms with Gasteiger partial charge in [-0.15, -0.1) is 0 Å². The quantitative estimate of drug-likeness (QED) is 0.554. The van der Waals surface area contributed by atoms with Gasteiger partial charge in [0.05, 0.1) is 11.0 Å². The Labute approximate surface area is 143 Å². The average Bonchev–Trinajstić information content (AvgIpc) is 2.97. The van der Waals surface area contributed by atoms with E-state index in [0.717, 1.165) is 15.7 Å². The van der Waals surface area contributed by atoms with Crippen molar-refractivity contribution in [3.8, 4) is 11.1 Å². The highest BCUT2D eigenvalue weighted by Crippen LogP contribution is 2.20. The Morgan fingerprint density at radius 2 is 1.56 bits per heavy atom. The number of carbonyl (C=O) groups excluding carboxylic acids is 1. The molecule has 3 aromatic carbocycles. The van der Waals surface area contributed by atoms with Crippen LogP contribution in [-0.4, -0.2) is 15.5 Å². The lowest BCUT2D eigenvalue weighted by molar-refractivity contribution is 0.0961. The van der Waals surface area contributed by atoms with Crippen LogP contribution in [0.25, 0.3) is 22.2 Å². The summed E-state index contributed by atoms with van der Waals surface area (Å²) in [6, 6.07) is 22.1. The molecule has 25 heavy (non-hydrogen) atoms. The fraction of sp³-hybridized carbons (Fsp3) is 0. The van der Waals surface area contributed by atoms with Gasteiger partial charge in [0.1, 0.15) is 0 Å². The lowest BCUT2D eigenvalue weighted by Crippen LogP contribution is -2.24. The highest BCUT2D eigenvalue weighted by molar-refractivity contribution is 6.01. The number of benzene rings is 3. The minimum atomic E-state index is -0.474. The average molecular weight is 329 g/mol. The SMILES string of the molecule is Nc1ccc2c(c1)[nH]c(=O)n2C(=O)c1ccc(-c2ccccc2)cc1. The van der Waals surface area contributed by atoms with Gasteiger partial charge in [0.15, 0.2) is 0 Å². The summed E-state index contributed by atoms with van der Waals surface area (Å²) in [5, 5.41) is 0. The zero-order valence-electron chi connectivity index (χ0n) is 13.3. The molecule has 0 saturated heterocycles. The third-order valence-electron chi connectivity index (χ3n) is 4.15. The van der Waals surface area contributed by atoms with Crippen LogP contribution in [0.3, 0.4) is 0 Å². The number of fused-ring (bicyclic) bond motifs is 1. The highest BCUT2D eigenvalue weighted by Gasteiger charge is 2.16. The number of carbonyl (C=O) groups is 1. The van der Waals surface area contributed by atoms with Gasteiger partial charge in [0.25, 0.3) is 5.91 Å². The Kier molecular flexibility index (Phi) is 3.47. The fourth-order valence-electron chi connectivity index (χ4n) is 2.90. The topological polar surface area (TPSA) is 80.9 Å². The molecule has 0 aliphatic carbocycles. The van der Waals surface area contributed by atoms with Gasteiger partial charge in [-0.05, 0) is 41.5 Å². The van der Waals surface area contributed by atoms with Crippen LogP contribution in [0.4, 0.5) is 5.69 Å². The summed E-state index contributed by atoms with van der Waals surface area (Å²) in [5.74, 6) is -0.374. The van der Waals surface area contributed by atoms with E-state index in [-0.39, 0.29) is 5.91 Å². The molecular weight excluding hydrogens is 314 g/mol. The molecule has 0 unspecified atom stereocenters. The van der Waals surface area contributed by atoms with Gasteiger partial charge in [-0.25, -0.2) is 9.36 Å². The van der Waals surface area contributed by atoms with E-state index in [4.69, 9.17) is 5.73 Å². The predicted molar refractivity (Wildman–Crippen MR) is 98.6 cm³/mol. The van der Waals surface area contributed by atoms with Crippen molar-refractivity contribution in [3.05, 3.63) is 88.8 Å². The van der Waals surface area contributed by atoms with Gasteiger partial charge in [0, 0.05) is 11.3 Å². The maximum absolute atomic E-state index is 12.8. The van der Waals surface area contributed by atoms with Gasteiger partial charge in [-0.2, -0.15) is 0 Å². The molecule has 0 aliphatic heterocycles. The van der Waals surface area contributed by atoms with Crippen LogP contribution in [0.5, 0.6) is 0 Å². The van der Waals surface area contributed by atoms with Gasteiger partial charge in [-0.3, -0.25) is 4.79 Å². The lowest BCUT2D eigenvalue weighted by atomic mass is 10.0.